The lowest BCUT2D eigenvalue weighted by Crippen LogP contribution is -2.60. The Hall–Kier alpha value is -13.4. The van der Waals surface area contributed by atoms with Crippen LogP contribution in [0.5, 0.6) is 0 Å². The highest BCUT2D eigenvalue weighted by molar-refractivity contribution is 7.90. The molecule has 36 nitrogen and oxygen atoms in total. The molecule has 720 valence electrons. The van der Waals surface area contributed by atoms with Crippen LogP contribution in [0.15, 0.2) is 269 Å². The Kier molecular flexibility index (Phi) is 38.7. The predicted molar refractivity (Wildman–Crippen MR) is 505 cm³/mol. The number of nitrogens with two attached hydrogens (primary N) is 1. The SMILES string of the molecule is CC(C)(C)OC(=O)N[C@H](c1ccccc1)[C@H](NS(=O)(=O)c1ccc(NC(=O)CNC(=O)CCOCC(COCCC(=O)NCC(=O)Nc2ccc(S(=O)(=O)N[C@H](c3ccccc3)[C@H](NC(=O)OC(C)(C)C)c3ccccc3)cc2)(COCCC(=O)NCC(=O)Nc2ccc(S(=O)(=O)N[C@H](c3ccccc3)[C@H](NC(=O)OC(C)(C)C)c3ccccc3)cc2)NC(=O)CN)cc1)c1ccccc1. The summed E-state index contributed by atoms with van der Waals surface area (Å²) in [6.07, 6.45) is -3.43. The number of ether oxygens (including phenoxy) is 6. The molecular weight excluding hydrogens is 1800 g/mol. The molecule has 0 bridgehead atoms. The van der Waals surface area contributed by atoms with Crippen molar-refractivity contribution in [2.45, 2.75) is 155 Å². The fourth-order valence-electron chi connectivity index (χ4n) is 13.5. The maximum absolute atomic E-state index is 14.2. The summed E-state index contributed by atoms with van der Waals surface area (Å²) >= 11 is 0. The minimum absolute atomic E-state index is 0.167. The van der Waals surface area contributed by atoms with Crippen LogP contribution in [0.1, 0.15) is 151 Å². The van der Waals surface area contributed by atoms with Crippen LogP contribution in [0.25, 0.3) is 0 Å². The van der Waals surface area contributed by atoms with Crippen molar-refractivity contribution in [3.8, 4) is 0 Å². The summed E-state index contributed by atoms with van der Waals surface area (Å²) in [6, 6.07) is 61.8. The number of amides is 10. The smallest absolute Gasteiger partial charge is 0.408 e. The molecule has 15 N–H and O–H groups in total. The topological polar surface area (TPSA) is 511 Å². The van der Waals surface area contributed by atoms with Gasteiger partial charge in [0, 0.05) is 36.3 Å². The molecule has 0 aromatic heterocycles. The van der Waals surface area contributed by atoms with Crippen molar-refractivity contribution in [2.75, 3.05) is 81.8 Å². The van der Waals surface area contributed by atoms with Crippen LogP contribution in [-0.2, 0) is 92.1 Å². The lowest BCUT2D eigenvalue weighted by molar-refractivity contribution is -0.130. The molecular formula is C96H116N14O22S3. The van der Waals surface area contributed by atoms with E-state index in [-0.39, 0.29) is 70.8 Å². The minimum Gasteiger partial charge on any atom is -0.444 e. The second kappa shape index (κ2) is 49.6. The van der Waals surface area contributed by atoms with E-state index in [9.17, 15) is 73.2 Å². The maximum Gasteiger partial charge on any atom is 0.408 e. The van der Waals surface area contributed by atoms with Crippen molar-refractivity contribution in [3.63, 3.8) is 0 Å². The van der Waals surface area contributed by atoms with E-state index in [0.717, 1.165) is 0 Å². The fraction of sp³-hybridized carbons (Fsp3) is 0.333. The van der Waals surface area contributed by atoms with Gasteiger partial charge in [-0.05, 0) is 168 Å². The number of anilines is 3. The second-order valence-corrected chi connectivity index (χ2v) is 39.3. The Morgan fingerprint density at radius 3 is 0.711 bits per heavy atom. The van der Waals surface area contributed by atoms with Crippen molar-refractivity contribution in [2.24, 2.45) is 5.73 Å². The molecule has 10 amide bonds. The lowest BCUT2D eigenvalue weighted by atomic mass is 9.94. The van der Waals surface area contributed by atoms with E-state index < -0.39 is 194 Å². The predicted octanol–water partition coefficient (Wildman–Crippen LogP) is 10.1. The van der Waals surface area contributed by atoms with Crippen LogP contribution in [0, 0.1) is 0 Å². The first-order valence-electron chi connectivity index (χ1n) is 43.1. The fourth-order valence-corrected chi connectivity index (χ4v) is 17.2. The number of carbonyl (C=O) groups is 10. The molecule has 0 radical (unpaired) electrons. The van der Waals surface area contributed by atoms with Gasteiger partial charge in [-0.15, -0.1) is 0 Å². The van der Waals surface area contributed by atoms with Gasteiger partial charge in [-0.1, -0.05) is 182 Å². The summed E-state index contributed by atoms with van der Waals surface area (Å²) in [4.78, 5) is 132. The zero-order chi connectivity index (χ0) is 98.0. The van der Waals surface area contributed by atoms with Crippen molar-refractivity contribution in [3.05, 3.63) is 288 Å². The number of rotatable bonds is 47. The third-order valence-electron chi connectivity index (χ3n) is 19.6. The molecule has 0 unspecified atom stereocenters. The van der Waals surface area contributed by atoms with Gasteiger partial charge in [0.1, 0.15) is 22.3 Å². The van der Waals surface area contributed by atoms with Crippen LogP contribution in [-0.4, -0.2) is 173 Å². The summed E-state index contributed by atoms with van der Waals surface area (Å²) in [5.41, 5.74) is 5.28. The monoisotopic (exact) mass is 1910 g/mol. The van der Waals surface area contributed by atoms with Gasteiger partial charge in [0.25, 0.3) is 0 Å². The van der Waals surface area contributed by atoms with Gasteiger partial charge in [0.15, 0.2) is 0 Å². The van der Waals surface area contributed by atoms with Gasteiger partial charge in [-0.2, -0.15) is 0 Å². The van der Waals surface area contributed by atoms with Crippen molar-refractivity contribution in [1.29, 1.82) is 0 Å². The molecule has 9 aromatic carbocycles. The zero-order valence-electron chi connectivity index (χ0n) is 76.2. The normalized spacial score (nSPS) is 13.2. The van der Waals surface area contributed by atoms with Gasteiger partial charge >= 0.3 is 18.3 Å². The standard InChI is InChI=1S/C96H116N14O22S3/c1-93(2,3)130-90(118)104-84(65-28-16-10-17-29-65)87(68-34-22-13-23-35-68)108-133(121,122)74-46-40-71(41-47-74)101-81(115)59-98-77(111)52-55-127-62-96(107-80(114)58-97,63-128-56-53-78(112)99-60-82(116)102-72-42-48-75(49-43-72)134(123,124)109-88(69-36-24-14-25-37-69)85(66-30-18-11-19-31-66)105-91(119)131-94(4,5)6)64-129-57-54-79(113)100-61-83(117)103-73-44-50-76(51-45-73)135(125,126)110-89(70-38-26-15-27-39-70)86(67-32-20-12-21-33-67)106-92(120)132-95(7,8)9/h10-51,84-89,108-110H,52-64,97H2,1-9H3,(H,98,111)(H,99,112)(H,100,113)(H,101,115)(H,102,116)(H,103,117)(H,104,118)(H,105,119)(H,106,120)(H,107,114)/t84-,85-,86-,87-,88-,89-/m1/s1. The summed E-state index contributed by atoms with van der Waals surface area (Å²) < 4.78 is 128. The summed E-state index contributed by atoms with van der Waals surface area (Å²) in [7, 11) is -13.1. The molecule has 6 atom stereocenters. The third kappa shape index (κ3) is 35.5. The van der Waals surface area contributed by atoms with Gasteiger partial charge < -0.3 is 87.3 Å². The first-order chi connectivity index (χ1) is 64.0. The highest BCUT2D eigenvalue weighted by Crippen LogP contribution is 2.36. The average Bonchev–Trinajstić information content (AvgIpc) is 0.800. The Labute approximate surface area is 785 Å². The Bertz CT molecular complexity index is 5250. The minimum atomic E-state index is -4.36. The van der Waals surface area contributed by atoms with Crippen molar-refractivity contribution >= 4 is 107 Å². The number of alkyl carbamates (subject to hydrolysis) is 3. The molecule has 0 aliphatic heterocycles. The van der Waals surface area contributed by atoms with Gasteiger partial charge in [0.05, 0.1) is 117 Å². The zero-order valence-corrected chi connectivity index (χ0v) is 78.6. The highest BCUT2D eigenvalue weighted by Gasteiger charge is 2.39. The number of nitrogens with one attached hydrogen (secondary N) is 13. The van der Waals surface area contributed by atoms with E-state index in [1.165, 1.54) is 72.8 Å². The maximum atomic E-state index is 14.2. The summed E-state index contributed by atoms with van der Waals surface area (Å²) in [5, 5.41) is 26.5. The van der Waals surface area contributed by atoms with Crippen LogP contribution in [0.2, 0.25) is 0 Å². The van der Waals surface area contributed by atoms with Crippen LogP contribution < -0.4 is 73.1 Å². The molecule has 0 spiro atoms. The van der Waals surface area contributed by atoms with Gasteiger partial charge in [-0.3, -0.25) is 33.6 Å². The van der Waals surface area contributed by atoms with Crippen LogP contribution in [0.4, 0.5) is 31.4 Å². The quantitative estimate of drug-likeness (QED) is 0.0124. The molecule has 135 heavy (non-hydrogen) atoms. The van der Waals surface area contributed by atoms with Crippen LogP contribution >= 0.6 is 0 Å². The van der Waals surface area contributed by atoms with E-state index in [2.05, 4.69) is 67.3 Å². The Balaban J connectivity index is 0.801. The molecule has 0 aliphatic carbocycles. The molecule has 0 aliphatic rings. The highest BCUT2D eigenvalue weighted by atomic mass is 32.2. The largest absolute Gasteiger partial charge is 0.444 e. The molecule has 39 heteroatoms. The van der Waals surface area contributed by atoms with Crippen molar-refractivity contribution in [1.82, 2.24) is 51.4 Å². The van der Waals surface area contributed by atoms with E-state index in [1.807, 2.05) is 0 Å². The number of carbonyl (C=O) groups excluding carboxylic acids is 10. The van der Waals surface area contributed by atoms with E-state index in [1.54, 1.807) is 244 Å². The molecule has 9 rings (SSSR count). The molecule has 0 saturated heterocycles. The number of benzene rings is 9. The third-order valence-corrected chi connectivity index (χ3v) is 24.0. The van der Waals surface area contributed by atoms with E-state index in [0.29, 0.717) is 33.4 Å². The molecule has 0 saturated carbocycles. The molecule has 9 aromatic rings. The van der Waals surface area contributed by atoms with Crippen LogP contribution in [0.3, 0.4) is 0 Å². The number of sulfonamides is 3. The summed E-state index contributed by atoms with van der Waals surface area (Å²) in [6.45, 7) is 10.6. The average molecular weight is 1910 g/mol. The number of hydrogen-bond acceptors (Lipinski definition) is 23. The van der Waals surface area contributed by atoms with Gasteiger partial charge in [0.2, 0.25) is 71.4 Å². The van der Waals surface area contributed by atoms with Gasteiger partial charge in [-0.25, -0.2) is 53.8 Å². The first-order valence-corrected chi connectivity index (χ1v) is 47.6. The van der Waals surface area contributed by atoms with E-state index >= 15 is 0 Å². The number of hydrogen-bond donors (Lipinski definition) is 14. The van der Waals surface area contributed by atoms with E-state index in [4.69, 9.17) is 34.2 Å². The Morgan fingerprint density at radius 2 is 0.504 bits per heavy atom. The first kappa shape index (κ1) is 105. The summed E-state index contributed by atoms with van der Waals surface area (Å²) in [5.74, 6) is -4.86. The second-order valence-electron chi connectivity index (χ2n) is 34.1. The molecule has 0 fully saturated rings. The Morgan fingerprint density at radius 1 is 0.289 bits per heavy atom. The lowest BCUT2D eigenvalue weighted by Gasteiger charge is -2.34. The van der Waals surface area contributed by atoms with Crippen molar-refractivity contribution < 1.29 is 102 Å². The molecule has 0 heterocycles.